The number of unbranched alkanes of at least 4 members (excludes halogenated alkanes) is 2. The first kappa shape index (κ1) is 62.0. The van der Waals surface area contributed by atoms with E-state index in [1.807, 2.05) is 24.3 Å². The van der Waals surface area contributed by atoms with Crippen molar-refractivity contribution in [2.75, 3.05) is 26.4 Å². The number of rotatable bonds is 36. The molecule has 2 aliphatic rings. The topological polar surface area (TPSA) is 231 Å². The molecule has 11 atom stereocenters. The molecule has 2 heterocycles. The van der Waals surface area contributed by atoms with Crippen LogP contribution in [0.25, 0.3) is 0 Å². The van der Waals surface area contributed by atoms with Crippen LogP contribution >= 0.6 is 0 Å². The molecule has 15 heteroatoms. The van der Waals surface area contributed by atoms with Gasteiger partial charge in [0.2, 0.25) is 0 Å². The summed E-state index contributed by atoms with van der Waals surface area (Å²) in [5.41, 5.74) is 0. The third-order valence-corrected chi connectivity index (χ3v) is 10.9. The van der Waals surface area contributed by atoms with Gasteiger partial charge in [0, 0.05) is 12.8 Å². The number of carbonyl (C=O) groups excluding carboxylic acids is 2. The molecule has 0 saturated carbocycles. The molecule has 0 spiro atoms. The van der Waals surface area contributed by atoms with Gasteiger partial charge in [-0.25, -0.2) is 0 Å². The molecule has 0 amide bonds. The number of aliphatic hydroxyl groups is 7. The average Bonchev–Trinajstić information content (AvgIpc) is 3.35. The third-order valence-electron chi connectivity index (χ3n) is 10.9. The highest BCUT2D eigenvalue weighted by Crippen LogP contribution is 2.26. The third kappa shape index (κ3) is 28.1. The van der Waals surface area contributed by atoms with Crippen LogP contribution in [0, 0.1) is 0 Å². The molecule has 0 aromatic rings. The molecule has 7 N–H and O–H groups in total. The number of allylic oxidation sites excluding steroid dienone is 20. The van der Waals surface area contributed by atoms with E-state index in [4.69, 9.17) is 28.4 Å². The van der Waals surface area contributed by atoms with Gasteiger partial charge in [0.1, 0.15) is 55.4 Å². The monoisotopic (exact) mass is 985 g/mol. The Morgan fingerprint density at radius 3 is 1.26 bits per heavy atom. The summed E-state index contributed by atoms with van der Waals surface area (Å²) >= 11 is 0. The first-order chi connectivity index (χ1) is 34.0. The van der Waals surface area contributed by atoms with Crippen LogP contribution in [0.4, 0.5) is 0 Å². The molecule has 2 fully saturated rings. The molecule has 2 rings (SSSR count). The minimum atomic E-state index is -1.79. The quantitative estimate of drug-likeness (QED) is 0.0192. The van der Waals surface area contributed by atoms with Gasteiger partial charge >= 0.3 is 11.9 Å². The molecular formula is C55H84O15. The predicted molar refractivity (Wildman–Crippen MR) is 270 cm³/mol. The van der Waals surface area contributed by atoms with E-state index < -0.39 is 99.3 Å². The highest BCUT2D eigenvalue weighted by Gasteiger charge is 2.47. The largest absolute Gasteiger partial charge is 0.462 e. The molecule has 394 valence electrons. The van der Waals surface area contributed by atoms with Gasteiger partial charge in [0.15, 0.2) is 18.7 Å². The number of aliphatic hydroxyl groups excluding tert-OH is 7. The Morgan fingerprint density at radius 2 is 0.829 bits per heavy atom. The molecule has 2 aliphatic heterocycles. The highest BCUT2D eigenvalue weighted by molar-refractivity contribution is 5.70. The van der Waals surface area contributed by atoms with E-state index in [0.717, 1.165) is 64.2 Å². The van der Waals surface area contributed by atoms with E-state index in [2.05, 4.69) is 111 Å². The first-order valence-corrected chi connectivity index (χ1v) is 25.1. The summed E-state index contributed by atoms with van der Waals surface area (Å²) in [7, 11) is 0. The Morgan fingerprint density at radius 1 is 0.457 bits per heavy atom. The fraction of sp³-hybridized carbons (Fsp3) is 0.600. The Hall–Kier alpha value is -4.10. The molecule has 0 aliphatic carbocycles. The molecule has 0 aromatic carbocycles. The Balaban J connectivity index is 1.88. The molecule has 0 bridgehead atoms. The van der Waals surface area contributed by atoms with Gasteiger partial charge in [-0.1, -0.05) is 135 Å². The lowest BCUT2D eigenvalue weighted by Crippen LogP contribution is -2.61. The van der Waals surface area contributed by atoms with Crippen molar-refractivity contribution in [3.63, 3.8) is 0 Å². The molecule has 11 unspecified atom stereocenters. The minimum absolute atomic E-state index is 0.0663. The zero-order chi connectivity index (χ0) is 51.0. The van der Waals surface area contributed by atoms with E-state index in [1.54, 1.807) is 0 Å². The molecular weight excluding hydrogens is 901 g/mol. The van der Waals surface area contributed by atoms with Crippen molar-refractivity contribution in [2.24, 2.45) is 0 Å². The van der Waals surface area contributed by atoms with Crippen LogP contribution in [-0.2, 0) is 38.0 Å². The smallest absolute Gasteiger partial charge is 0.306 e. The lowest BCUT2D eigenvalue weighted by atomic mass is 9.98. The number of carbonyl (C=O) groups is 2. The SMILES string of the molecule is CCC=CCC=CCC=CCC=CCC=CCCCC(=O)OCC(COC1OC(COC2OC(CO)C(O)C(O)C2O)C(O)C(O)C1O)OC(=O)CCCC=CCC=CCC=CCC=CCC=CCC. The summed E-state index contributed by atoms with van der Waals surface area (Å²) in [6.45, 7) is 2.20. The molecule has 0 radical (unpaired) electrons. The zero-order valence-corrected chi connectivity index (χ0v) is 41.4. The van der Waals surface area contributed by atoms with E-state index >= 15 is 0 Å². The summed E-state index contributed by atoms with van der Waals surface area (Å²) in [5.74, 6) is -1.08. The lowest BCUT2D eigenvalue weighted by Gasteiger charge is -2.42. The fourth-order valence-corrected chi connectivity index (χ4v) is 6.87. The minimum Gasteiger partial charge on any atom is -0.462 e. The maximum Gasteiger partial charge on any atom is 0.306 e. The van der Waals surface area contributed by atoms with Crippen LogP contribution in [0.15, 0.2) is 122 Å². The van der Waals surface area contributed by atoms with Crippen molar-refractivity contribution in [3.05, 3.63) is 122 Å². The highest BCUT2D eigenvalue weighted by atomic mass is 16.7. The number of ether oxygens (including phenoxy) is 6. The van der Waals surface area contributed by atoms with Gasteiger partial charge in [0.05, 0.1) is 19.8 Å². The van der Waals surface area contributed by atoms with Crippen molar-refractivity contribution in [1.29, 1.82) is 0 Å². The second-order valence-electron chi connectivity index (χ2n) is 16.9. The predicted octanol–water partition coefficient (Wildman–Crippen LogP) is 6.93. The number of hydrogen-bond acceptors (Lipinski definition) is 15. The van der Waals surface area contributed by atoms with E-state index in [-0.39, 0.29) is 19.4 Å². The van der Waals surface area contributed by atoms with Crippen LogP contribution in [0.2, 0.25) is 0 Å². The van der Waals surface area contributed by atoms with Gasteiger partial charge in [-0.15, -0.1) is 0 Å². The summed E-state index contributed by atoms with van der Waals surface area (Å²) in [5, 5.41) is 72.1. The average molecular weight is 985 g/mol. The van der Waals surface area contributed by atoms with Gasteiger partial charge in [-0.2, -0.15) is 0 Å². The second-order valence-corrected chi connectivity index (χ2v) is 16.9. The van der Waals surface area contributed by atoms with Crippen LogP contribution in [0.3, 0.4) is 0 Å². The molecule has 15 nitrogen and oxygen atoms in total. The standard InChI is InChI=1S/C55H84O15/c1-3-5-7-9-11-13-15-17-19-21-23-25-27-29-31-33-35-37-46(57)65-40-43(68-47(58)38-36-34-32-30-28-26-24-22-20-18-16-14-12-10-8-6-4-2)41-66-54-53(64)51(62)49(60)45(70-54)42-67-55-52(63)50(61)48(59)44(39-56)69-55/h5-8,11-14,17-20,23-26,29-32,43-45,48-56,59-64H,3-4,9-10,15-16,21-22,27-28,33-42H2,1-2H3. The molecule has 70 heavy (non-hydrogen) atoms. The van der Waals surface area contributed by atoms with Crippen LogP contribution in [-0.4, -0.2) is 142 Å². The van der Waals surface area contributed by atoms with E-state index in [1.165, 1.54) is 0 Å². The summed E-state index contributed by atoms with van der Waals surface area (Å²) in [6.07, 6.45) is 36.7. The van der Waals surface area contributed by atoms with Crippen LogP contribution in [0.1, 0.15) is 117 Å². The number of hydrogen-bond donors (Lipinski definition) is 7. The van der Waals surface area contributed by atoms with Crippen LogP contribution < -0.4 is 0 Å². The van der Waals surface area contributed by atoms with Crippen LogP contribution in [0.5, 0.6) is 0 Å². The number of esters is 2. The summed E-state index contributed by atoms with van der Waals surface area (Å²) < 4.78 is 33.4. The van der Waals surface area contributed by atoms with Crippen molar-refractivity contribution in [2.45, 2.75) is 184 Å². The maximum absolute atomic E-state index is 13.0. The second kappa shape index (κ2) is 40.5. The van der Waals surface area contributed by atoms with E-state index in [0.29, 0.717) is 25.7 Å². The van der Waals surface area contributed by atoms with Gasteiger partial charge in [-0.05, 0) is 89.9 Å². The molecule has 2 saturated heterocycles. The van der Waals surface area contributed by atoms with Crippen molar-refractivity contribution < 1.29 is 73.8 Å². The Kier molecular flexibility index (Phi) is 35.9. The Bertz CT molecular complexity index is 1680. The van der Waals surface area contributed by atoms with Crippen molar-refractivity contribution in [1.82, 2.24) is 0 Å². The fourth-order valence-electron chi connectivity index (χ4n) is 6.87. The molecule has 0 aromatic heterocycles. The van der Waals surface area contributed by atoms with Gasteiger partial charge in [0.25, 0.3) is 0 Å². The summed E-state index contributed by atoms with van der Waals surface area (Å²) in [6, 6.07) is 0. The Labute approximate surface area is 416 Å². The zero-order valence-electron chi connectivity index (χ0n) is 41.4. The normalized spacial score (nSPS) is 26.4. The van der Waals surface area contributed by atoms with Gasteiger partial charge in [-0.3, -0.25) is 9.59 Å². The van der Waals surface area contributed by atoms with Gasteiger partial charge < -0.3 is 64.2 Å². The summed E-state index contributed by atoms with van der Waals surface area (Å²) in [4.78, 5) is 25.7. The lowest BCUT2D eigenvalue weighted by molar-refractivity contribution is -0.332. The maximum atomic E-state index is 13.0. The van der Waals surface area contributed by atoms with Crippen molar-refractivity contribution >= 4 is 11.9 Å². The van der Waals surface area contributed by atoms with Crippen molar-refractivity contribution in [3.8, 4) is 0 Å². The van der Waals surface area contributed by atoms with E-state index in [9.17, 15) is 45.3 Å². The first-order valence-electron chi connectivity index (χ1n) is 25.1.